The molecule has 4 heterocycles. The molecule has 37 heavy (non-hydrogen) atoms. The van der Waals surface area contributed by atoms with Crippen molar-refractivity contribution in [2.45, 2.75) is 49.7 Å². The highest BCUT2D eigenvalue weighted by Gasteiger charge is 2.44. The Hall–Kier alpha value is -3.49. The summed E-state index contributed by atoms with van der Waals surface area (Å²) < 4.78 is 2.06. The second-order valence-corrected chi connectivity index (χ2v) is 10.9. The molecule has 1 aliphatic heterocycles. The van der Waals surface area contributed by atoms with Crippen LogP contribution in [0.2, 0.25) is 5.02 Å². The van der Waals surface area contributed by atoms with Gasteiger partial charge in [0.15, 0.2) is 0 Å². The summed E-state index contributed by atoms with van der Waals surface area (Å²) in [6, 6.07) is 13.4. The first-order chi connectivity index (χ1) is 18.0. The number of nitrogens with zero attached hydrogens (tertiary/aromatic N) is 5. The molecule has 2 N–H and O–H groups in total. The van der Waals surface area contributed by atoms with Gasteiger partial charge in [-0.05, 0) is 66.8 Å². The molecule has 7 rings (SSSR count). The fourth-order valence-electron chi connectivity index (χ4n) is 5.60. The number of halogens is 1. The number of aromatic nitrogens is 4. The molecule has 4 aromatic rings. The number of nitrogens with one attached hydrogen (secondary N) is 1. The maximum absolute atomic E-state index is 12.9. The van der Waals surface area contributed by atoms with Crippen LogP contribution in [0.25, 0.3) is 5.65 Å². The highest BCUT2D eigenvalue weighted by Crippen LogP contribution is 2.48. The molecule has 0 unspecified atom stereocenters. The third kappa shape index (κ3) is 4.34. The second kappa shape index (κ2) is 8.82. The van der Waals surface area contributed by atoms with Crippen molar-refractivity contribution in [3.63, 3.8) is 0 Å². The lowest BCUT2D eigenvalue weighted by Gasteiger charge is -2.26. The van der Waals surface area contributed by atoms with E-state index in [0.717, 1.165) is 23.3 Å². The highest BCUT2D eigenvalue weighted by molar-refractivity contribution is 6.30. The van der Waals surface area contributed by atoms with E-state index in [2.05, 4.69) is 42.9 Å². The van der Waals surface area contributed by atoms with Crippen LogP contribution in [0.4, 0.5) is 11.6 Å². The number of carbonyl (C=O) groups excluding carboxylic acids is 1. The van der Waals surface area contributed by atoms with Crippen LogP contribution in [0.3, 0.4) is 0 Å². The quantitative estimate of drug-likeness (QED) is 0.387. The molecule has 188 valence electrons. The number of hydrogen-bond acceptors (Lipinski definition) is 6. The Labute approximate surface area is 219 Å². The second-order valence-electron chi connectivity index (χ2n) is 10.4. The smallest absolute Gasteiger partial charge is 0.229 e. The Kier molecular flexibility index (Phi) is 5.41. The highest BCUT2D eigenvalue weighted by atomic mass is 35.5. The third-order valence-electron chi connectivity index (χ3n) is 7.81. The summed E-state index contributed by atoms with van der Waals surface area (Å²) in [7, 11) is 0. The summed E-state index contributed by atoms with van der Waals surface area (Å²) >= 11 is 6.12. The molecule has 3 fully saturated rings. The molecule has 2 saturated carbocycles. The summed E-state index contributed by atoms with van der Waals surface area (Å²) in [5, 5.41) is 14.5. The molecule has 4 atom stereocenters. The van der Waals surface area contributed by atoms with E-state index in [9.17, 15) is 9.90 Å². The van der Waals surface area contributed by atoms with Crippen molar-refractivity contribution in [2.75, 3.05) is 16.8 Å². The molecule has 0 bridgehead atoms. The van der Waals surface area contributed by atoms with Gasteiger partial charge >= 0.3 is 0 Å². The molecule has 1 saturated heterocycles. The molecule has 0 radical (unpaired) electrons. The monoisotopic (exact) mass is 514 g/mol. The molecular formula is C28H27ClN6O2. The van der Waals surface area contributed by atoms with Crippen molar-refractivity contribution in [1.82, 2.24) is 19.4 Å². The van der Waals surface area contributed by atoms with Crippen LogP contribution in [0, 0.1) is 5.92 Å². The fourth-order valence-corrected chi connectivity index (χ4v) is 5.80. The Morgan fingerprint density at radius 2 is 1.95 bits per heavy atom. The van der Waals surface area contributed by atoms with Crippen LogP contribution < -0.4 is 10.2 Å². The van der Waals surface area contributed by atoms with Gasteiger partial charge in [0, 0.05) is 35.9 Å². The standard InChI is InChI=1S/C28H27ClN6O2/c29-19-3-1-2-17(10-19)20-11-21(20)28(37)33-24-12-26(31-15-30-24)35-9-8-23(36)27(35)22-14-34-13-18(16-4-5-16)6-7-25(34)32-22/h1-3,6-7,10,12-16,20-21,23,27,36H,4-5,8-9,11H2,(H,30,31,33,37)/t20-,21+,23-,27+/m1/s1. The number of imidazole rings is 1. The average molecular weight is 515 g/mol. The van der Waals surface area contributed by atoms with E-state index in [1.165, 1.54) is 24.7 Å². The predicted molar refractivity (Wildman–Crippen MR) is 141 cm³/mol. The number of fused-ring (bicyclic) bond motifs is 1. The Balaban J connectivity index is 1.09. The molecule has 3 aromatic heterocycles. The van der Waals surface area contributed by atoms with Crippen molar-refractivity contribution < 1.29 is 9.90 Å². The first-order valence-corrected chi connectivity index (χ1v) is 13.2. The number of pyridine rings is 1. The molecule has 2 aliphatic carbocycles. The van der Waals surface area contributed by atoms with Crippen LogP contribution in [-0.2, 0) is 4.79 Å². The molecule has 0 spiro atoms. The summed E-state index contributed by atoms with van der Waals surface area (Å²) in [4.78, 5) is 28.6. The van der Waals surface area contributed by atoms with Gasteiger partial charge < -0.3 is 19.7 Å². The van der Waals surface area contributed by atoms with E-state index in [1.807, 2.05) is 30.5 Å². The van der Waals surface area contributed by atoms with Gasteiger partial charge in [-0.25, -0.2) is 15.0 Å². The minimum absolute atomic E-state index is 0.0561. The third-order valence-corrected chi connectivity index (χ3v) is 8.05. The minimum atomic E-state index is -0.564. The topological polar surface area (TPSA) is 95.7 Å². The molecule has 9 heteroatoms. The number of rotatable bonds is 6. The van der Waals surface area contributed by atoms with Crippen LogP contribution in [0.15, 0.2) is 61.2 Å². The van der Waals surface area contributed by atoms with Crippen molar-refractivity contribution in [2.24, 2.45) is 5.92 Å². The summed E-state index contributed by atoms with van der Waals surface area (Å²) in [6.45, 7) is 0.636. The van der Waals surface area contributed by atoms with Crippen LogP contribution in [0.1, 0.15) is 60.4 Å². The van der Waals surface area contributed by atoms with Gasteiger partial charge in [0.2, 0.25) is 5.91 Å². The summed E-state index contributed by atoms with van der Waals surface area (Å²) in [5.74, 6) is 1.79. The van der Waals surface area contributed by atoms with E-state index < -0.39 is 6.10 Å². The first kappa shape index (κ1) is 22.7. The Morgan fingerprint density at radius 3 is 2.78 bits per heavy atom. The number of hydrogen-bond donors (Lipinski definition) is 2. The molecule has 3 aliphatic rings. The van der Waals surface area contributed by atoms with Gasteiger partial charge in [-0.15, -0.1) is 0 Å². The SMILES string of the molecule is O=C(Nc1cc(N2CC[C@@H](O)[C@@H]2c2cn3cc(C4CC4)ccc3n2)ncn1)[C@H]1C[C@@H]1c1cccc(Cl)c1. The Morgan fingerprint density at radius 1 is 1.05 bits per heavy atom. The molecule has 8 nitrogen and oxygen atoms in total. The van der Waals surface area contributed by atoms with E-state index in [0.29, 0.717) is 35.5 Å². The normalized spacial score (nSPS) is 25.0. The number of amides is 1. The zero-order chi connectivity index (χ0) is 25.1. The predicted octanol–water partition coefficient (Wildman–Crippen LogP) is 4.71. The maximum atomic E-state index is 12.9. The molecule has 1 amide bonds. The van der Waals surface area contributed by atoms with E-state index >= 15 is 0 Å². The minimum Gasteiger partial charge on any atom is -0.390 e. The number of carbonyl (C=O) groups is 1. The first-order valence-electron chi connectivity index (χ1n) is 12.8. The van der Waals surface area contributed by atoms with Crippen molar-refractivity contribution in [3.05, 3.63) is 83.0 Å². The number of aliphatic hydroxyl groups excluding tert-OH is 1. The number of benzene rings is 1. The number of aliphatic hydroxyl groups is 1. The molecular weight excluding hydrogens is 488 g/mol. The fraction of sp³-hybridized carbons (Fsp3) is 0.357. The lowest BCUT2D eigenvalue weighted by Crippen LogP contribution is -2.28. The van der Waals surface area contributed by atoms with Gasteiger partial charge in [-0.2, -0.15) is 0 Å². The van der Waals surface area contributed by atoms with Gasteiger partial charge in [0.05, 0.1) is 11.8 Å². The van der Waals surface area contributed by atoms with Crippen LogP contribution in [0.5, 0.6) is 0 Å². The van der Waals surface area contributed by atoms with Crippen LogP contribution >= 0.6 is 11.6 Å². The average Bonchev–Trinajstić information content (AvgIpc) is 3.81. The van der Waals surface area contributed by atoms with Crippen LogP contribution in [-0.4, -0.2) is 43.0 Å². The van der Waals surface area contributed by atoms with Crippen molar-refractivity contribution in [3.8, 4) is 0 Å². The van der Waals surface area contributed by atoms with Crippen molar-refractivity contribution in [1.29, 1.82) is 0 Å². The van der Waals surface area contributed by atoms with Crippen molar-refractivity contribution >= 4 is 34.8 Å². The lowest BCUT2D eigenvalue weighted by atomic mass is 10.1. The lowest BCUT2D eigenvalue weighted by molar-refractivity contribution is -0.117. The number of anilines is 2. The van der Waals surface area contributed by atoms with Gasteiger partial charge in [-0.3, -0.25) is 4.79 Å². The molecule has 1 aromatic carbocycles. The van der Waals surface area contributed by atoms with Gasteiger partial charge in [-0.1, -0.05) is 29.8 Å². The Bertz CT molecular complexity index is 1500. The summed E-state index contributed by atoms with van der Waals surface area (Å²) in [6.07, 6.45) is 8.96. The van der Waals surface area contributed by atoms with E-state index in [1.54, 1.807) is 6.07 Å². The summed E-state index contributed by atoms with van der Waals surface area (Å²) in [5.41, 5.74) is 4.10. The van der Waals surface area contributed by atoms with Gasteiger partial charge in [0.25, 0.3) is 0 Å². The largest absolute Gasteiger partial charge is 0.390 e. The van der Waals surface area contributed by atoms with Gasteiger partial charge in [0.1, 0.15) is 29.7 Å². The van der Waals surface area contributed by atoms with E-state index in [4.69, 9.17) is 16.6 Å². The van der Waals surface area contributed by atoms with E-state index in [-0.39, 0.29) is 23.8 Å². The maximum Gasteiger partial charge on any atom is 0.229 e. The zero-order valence-corrected chi connectivity index (χ0v) is 20.9. The zero-order valence-electron chi connectivity index (χ0n) is 20.2.